The number of benzene rings is 2. The van der Waals surface area contributed by atoms with E-state index < -0.39 is 21.6 Å². The number of aliphatic imine (C=N–C) groups is 1. The quantitative estimate of drug-likeness (QED) is 0.312. The summed E-state index contributed by atoms with van der Waals surface area (Å²) in [6, 6.07) is 7.48. The molecule has 0 aliphatic carbocycles. The minimum Gasteiger partial charge on any atom is -0.493 e. The van der Waals surface area contributed by atoms with Crippen molar-refractivity contribution in [3.05, 3.63) is 30.3 Å². The van der Waals surface area contributed by atoms with Gasteiger partial charge in [0.1, 0.15) is 5.54 Å². The fourth-order valence-electron chi connectivity index (χ4n) is 4.58. The number of guanidine groups is 1. The summed E-state index contributed by atoms with van der Waals surface area (Å²) < 4.78 is 40.7. The van der Waals surface area contributed by atoms with Crippen LogP contribution in [0.25, 0.3) is 10.8 Å². The van der Waals surface area contributed by atoms with E-state index in [9.17, 15) is 13.2 Å². The molecular formula is C24H35N5O5S. The molecule has 35 heavy (non-hydrogen) atoms. The van der Waals surface area contributed by atoms with E-state index in [0.717, 1.165) is 18.2 Å². The van der Waals surface area contributed by atoms with E-state index in [-0.39, 0.29) is 23.2 Å². The zero-order chi connectivity index (χ0) is 25.8. The molecule has 0 radical (unpaired) electrons. The number of carbonyl (C=O) groups excluding carboxylic acids is 1. The second-order valence-electron chi connectivity index (χ2n) is 8.67. The summed E-state index contributed by atoms with van der Waals surface area (Å²) in [5.74, 6) is 0.523. The molecular weight excluding hydrogens is 470 g/mol. The van der Waals surface area contributed by atoms with Gasteiger partial charge in [0, 0.05) is 13.1 Å². The zero-order valence-electron chi connectivity index (χ0n) is 20.7. The lowest BCUT2D eigenvalue weighted by molar-refractivity contribution is -0.133. The Morgan fingerprint density at radius 3 is 2.37 bits per heavy atom. The van der Waals surface area contributed by atoms with E-state index in [2.05, 4.69) is 9.71 Å². The van der Waals surface area contributed by atoms with Crippen LogP contribution in [0.1, 0.15) is 39.5 Å². The van der Waals surface area contributed by atoms with Gasteiger partial charge in [0.05, 0.1) is 25.2 Å². The van der Waals surface area contributed by atoms with Gasteiger partial charge in [-0.15, -0.1) is 0 Å². The van der Waals surface area contributed by atoms with Gasteiger partial charge in [0.25, 0.3) is 0 Å². The number of methoxy groups -OCH3 is 2. The number of likely N-dealkylation sites (tertiary alicyclic amines) is 1. The molecule has 11 heteroatoms. The third kappa shape index (κ3) is 5.30. The Labute approximate surface area is 206 Å². The van der Waals surface area contributed by atoms with Crippen LogP contribution in [0, 0.1) is 0 Å². The molecule has 0 saturated carbocycles. The van der Waals surface area contributed by atoms with Crippen LogP contribution in [-0.2, 0) is 14.8 Å². The highest BCUT2D eigenvalue weighted by atomic mass is 32.2. The average molecular weight is 506 g/mol. The van der Waals surface area contributed by atoms with Crippen LogP contribution in [0.3, 0.4) is 0 Å². The van der Waals surface area contributed by atoms with Crippen LogP contribution in [-0.4, -0.2) is 64.1 Å². The average Bonchev–Trinajstić information content (AvgIpc) is 3.14. The molecule has 2 aromatic rings. The lowest BCUT2D eigenvalue weighted by atomic mass is 9.88. The predicted molar refractivity (Wildman–Crippen MR) is 136 cm³/mol. The number of nitrogens with zero attached hydrogens (tertiary/aromatic N) is 2. The first kappa shape index (κ1) is 26.6. The Morgan fingerprint density at radius 2 is 1.80 bits per heavy atom. The van der Waals surface area contributed by atoms with Crippen LogP contribution < -0.4 is 25.7 Å². The maximum absolute atomic E-state index is 13.6. The van der Waals surface area contributed by atoms with Crippen molar-refractivity contribution in [2.75, 3.05) is 27.3 Å². The third-order valence-corrected chi connectivity index (χ3v) is 7.94. The van der Waals surface area contributed by atoms with Crippen LogP contribution in [0.5, 0.6) is 11.5 Å². The summed E-state index contributed by atoms with van der Waals surface area (Å²) in [6.45, 7) is 4.83. The summed E-state index contributed by atoms with van der Waals surface area (Å²) in [4.78, 5) is 19.6. The second kappa shape index (κ2) is 10.7. The van der Waals surface area contributed by atoms with Crippen molar-refractivity contribution in [1.82, 2.24) is 9.62 Å². The van der Waals surface area contributed by atoms with Crippen LogP contribution in [0.15, 0.2) is 40.2 Å². The van der Waals surface area contributed by atoms with Crippen molar-refractivity contribution in [2.24, 2.45) is 16.5 Å². The second-order valence-corrected chi connectivity index (χ2v) is 10.3. The molecule has 0 bridgehead atoms. The normalized spacial score (nSPS) is 19.1. The molecule has 2 atom stereocenters. The van der Waals surface area contributed by atoms with Crippen molar-refractivity contribution in [3.63, 3.8) is 0 Å². The fourth-order valence-corrected chi connectivity index (χ4v) is 6.04. The third-order valence-electron chi connectivity index (χ3n) is 6.43. The highest BCUT2D eigenvalue weighted by molar-refractivity contribution is 7.89. The summed E-state index contributed by atoms with van der Waals surface area (Å²) in [7, 11) is -1.07. The Kier molecular flexibility index (Phi) is 8.11. The van der Waals surface area contributed by atoms with Gasteiger partial charge >= 0.3 is 0 Å². The molecule has 10 nitrogen and oxygen atoms in total. The molecule has 1 amide bonds. The maximum Gasteiger partial charge on any atom is 0.246 e. The van der Waals surface area contributed by atoms with Gasteiger partial charge in [0.2, 0.25) is 15.9 Å². The molecule has 1 aliphatic heterocycles. The van der Waals surface area contributed by atoms with Crippen molar-refractivity contribution in [3.8, 4) is 11.5 Å². The van der Waals surface area contributed by atoms with Crippen molar-refractivity contribution < 1.29 is 22.7 Å². The van der Waals surface area contributed by atoms with Gasteiger partial charge in [-0.25, -0.2) is 13.4 Å². The van der Waals surface area contributed by atoms with E-state index in [0.29, 0.717) is 36.4 Å². The molecule has 2 aromatic carbocycles. The molecule has 1 fully saturated rings. The number of unbranched alkanes of at least 4 members (excludes halogenated alkanes) is 1. The molecule has 3 rings (SSSR count). The standard InChI is InChI=1S/C24H35N5O5S/c1-5-7-11-29-12-10-24(22(29)30,21(6-2)27-23(25)26)28-35(31,32)18-9-8-16-14-19(33-3)20(34-4)15-17(16)13-18/h8-9,13-15,21,28H,5-7,10-12H2,1-4H3,(H4,25,26,27). The smallest absolute Gasteiger partial charge is 0.246 e. The number of rotatable bonds is 11. The van der Waals surface area contributed by atoms with Crippen molar-refractivity contribution in [1.29, 1.82) is 0 Å². The molecule has 1 saturated heterocycles. The zero-order valence-corrected chi connectivity index (χ0v) is 21.5. The van der Waals surface area contributed by atoms with E-state index in [1.54, 1.807) is 29.2 Å². The van der Waals surface area contributed by atoms with Crippen LogP contribution in [0.2, 0.25) is 0 Å². The summed E-state index contributed by atoms with van der Waals surface area (Å²) in [5.41, 5.74) is 9.82. The molecule has 0 spiro atoms. The van der Waals surface area contributed by atoms with Gasteiger partial charge in [-0.05, 0) is 54.3 Å². The fraction of sp³-hybridized carbons (Fsp3) is 0.500. The van der Waals surface area contributed by atoms with Crippen LogP contribution >= 0.6 is 0 Å². The summed E-state index contributed by atoms with van der Waals surface area (Å²) in [6.07, 6.45) is 2.38. The number of amides is 1. The van der Waals surface area contributed by atoms with Gasteiger partial charge < -0.3 is 25.8 Å². The Morgan fingerprint density at radius 1 is 1.14 bits per heavy atom. The lowest BCUT2D eigenvalue weighted by Gasteiger charge is -2.34. The summed E-state index contributed by atoms with van der Waals surface area (Å²) >= 11 is 0. The highest BCUT2D eigenvalue weighted by Gasteiger charge is 2.54. The first-order valence-electron chi connectivity index (χ1n) is 11.7. The molecule has 2 unspecified atom stereocenters. The van der Waals surface area contributed by atoms with E-state index in [1.165, 1.54) is 20.3 Å². The molecule has 1 aliphatic rings. The number of hydrogen-bond acceptors (Lipinski definition) is 6. The first-order chi connectivity index (χ1) is 16.6. The van der Waals surface area contributed by atoms with Gasteiger partial charge in [0.15, 0.2) is 17.5 Å². The minimum absolute atomic E-state index is 0.0240. The number of nitrogens with two attached hydrogens (primary N) is 2. The SMILES string of the molecule is CCCCN1CCC(NS(=O)(=O)c2ccc3cc(OC)c(OC)cc3c2)(C(CC)N=C(N)N)C1=O. The van der Waals surface area contributed by atoms with Crippen LogP contribution in [0.4, 0.5) is 0 Å². The van der Waals surface area contributed by atoms with Crippen molar-refractivity contribution in [2.45, 2.75) is 56.0 Å². The summed E-state index contributed by atoms with van der Waals surface area (Å²) in [5, 5.41) is 1.43. The van der Waals surface area contributed by atoms with E-state index in [4.69, 9.17) is 20.9 Å². The van der Waals surface area contributed by atoms with E-state index in [1.807, 2.05) is 13.8 Å². The number of carbonyl (C=O) groups is 1. The Balaban J connectivity index is 2.06. The van der Waals surface area contributed by atoms with Gasteiger partial charge in [-0.1, -0.05) is 26.3 Å². The monoisotopic (exact) mass is 505 g/mol. The number of ether oxygens (including phenoxy) is 2. The Hall–Kier alpha value is -3.05. The topological polar surface area (TPSA) is 149 Å². The van der Waals surface area contributed by atoms with Gasteiger partial charge in [-0.2, -0.15) is 4.72 Å². The number of nitrogens with one attached hydrogen (secondary N) is 1. The largest absolute Gasteiger partial charge is 0.493 e. The van der Waals surface area contributed by atoms with Gasteiger partial charge in [-0.3, -0.25) is 4.79 Å². The van der Waals surface area contributed by atoms with E-state index >= 15 is 0 Å². The highest BCUT2D eigenvalue weighted by Crippen LogP contribution is 2.35. The molecule has 0 aromatic heterocycles. The minimum atomic E-state index is -4.12. The lowest BCUT2D eigenvalue weighted by Crippen LogP contribution is -2.61. The number of sulfonamides is 1. The maximum atomic E-state index is 13.6. The first-order valence-corrected chi connectivity index (χ1v) is 13.2. The predicted octanol–water partition coefficient (Wildman–Crippen LogP) is 1.96. The number of fused-ring (bicyclic) bond motifs is 1. The Bertz CT molecular complexity index is 1210. The molecule has 5 N–H and O–H groups in total. The number of hydrogen-bond donors (Lipinski definition) is 3. The molecule has 1 heterocycles. The molecule has 192 valence electrons. The van der Waals surface area contributed by atoms with Crippen molar-refractivity contribution >= 4 is 32.7 Å².